The molecule has 102 valence electrons. The number of carbonyl (C=O) groups excluding carboxylic acids is 1. The fourth-order valence-corrected chi connectivity index (χ4v) is 2.04. The summed E-state index contributed by atoms with van der Waals surface area (Å²) in [6, 6.07) is 7.62. The van der Waals surface area contributed by atoms with Gasteiger partial charge in [-0.15, -0.1) is 0 Å². The molecule has 0 atom stereocenters. The first-order valence-electron chi connectivity index (χ1n) is 6.41. The quantitative estimate of drug-likeness (QED) is 0.874. The van der Waals surface area contributed by atoms with Crippen LogP contribution in [0.5, 0.6) is 0 Å². The van der Waals surface area contributed by atoms with E-state index in [-0.39, 0.29) is 5.91 Å². The van der Waals surface area contributed by atoms with Crippen molar-refractivity contribution in [2.75, 3.05) is 18.4 Å². The highest BCUT2D eigenvalue weighted by Gasteiger charge is 2.10. The minimum atomic E-state index is -0.165. The van der Waals surface area contributed by atoms with Crippen molar-refractivity contribution in [2.45, 2.75) is 0 Å². The number of amides is 1. The fraction of sp³-hybridized carbons (Fsp3) is 0.214. The Morgan fingerprint density at radius 1 is 1.35 bits per heavy atom. The van der Waals surface area contributed by atoms with Gasteiger partial charge in [-0.25, -0.2) is 0 Å². The van der Waals surface area contributed by atoms with Gasteiger partial charge in [-0.1, -0.05) is 0 Å². The monoisotopic (exact) mass is 269 g/mol. The molecule has 0 saturated carbocycles. The Balaban J connectivity index is 1.70. The molecule has 0 spiro atoms. The van der Waals surface area contributed by atoms with Gasteiger partial charge in [0.25, 0.3) is 5.91 Å². The molecule has 0 radical (unpaired) electrons. The second kappa shape index (κ2) is 5.16. The number of nitrogens with one attached hydrogen (secondary N) is 2. The third kappa shape index (κ3) is 2.54. The Labute approximate surface area is 116 Å². The van der Waals surface area contributed by atoms with Gasteiger partial charge in [0.15, 0.2) is 0 Å². The summed E-state index contributed by atoms with van der Waals surface area (Å²) in [6.07, 6.45) is 3.22. The zero-order chi connectivity index (χ0) is 13.9. The van der Waals surface area contributed by atoms with Crippen molar-refractivity contribution in [3.05, 3.63) is 47.8 Å². The summed E-state index contributed by atoms with van der Waals surface area (Å²) in [5.74, 6) is 0.748. The van der Waals surface area contributed by atoms with Crippen LogP contribution in [0.15, 0.2) is 41.7 Å². The van der Waals surface area contributed by atoms with E-state index in [1.165, 1.54) is 0 Å². The van der Waals surface area contributed by atoms with Crippen molar-refractivity contribution in [1.82, 2.24) is 15.1 Å². The van der Waals surface area contributed by atoms with E-state index in [1.54, 1.807) is 24.1 Å². The van der Waals surface area contributed by atoms with E-state index in [4.69, 9.17) is 0 Å². The molecule has 2 N–H and O–H groups in total. The lowest BCUT2D eigenvalue weighted by Crippen LogP contribution is -2.19. The summed E-state index contributed by atoms with van der Waals surface area (Å²) in [5.41, 5.74) is 2.32. The predicted molar refractivity (Wildman–Crippen MR) is 77.0 cm³/mol. The van der Waals surface area contributed by atoms with Crippen molar-refractivity contribution < 1.29 is 4.79 Å². The number of aryl methyl sites for hydroxylation is 1. The third-order valence-electron chi connectivity index (χ3n) is 3.06. The number of amidine groups is 1. The molecule has 3 rings (SSSR count). The zero-order valence-corrected chi connectivity index (χ0v) is 11.1. The first-order valence-corrected chi connectivity index (χ1v) is 6.41. The average molecular weight is 269 g/mol. The van der Waals surface area contributed by atoms with Crippen molar-refractivity contribution >= 4 is 17.4 Å². The van der Waals surface area contributed by atoms with E-state index in [1.807, 2.05) is 24.3 Å². The number of aliphatic imine (C=N–C) groups is 1. The molecule has 0 bridgehead atoms. The summed E-state index contributed by atoms with van der Waals surface area (Å²) in [4.78, 5) is 16.3. The molecule has 1 aromatic carbocycles. The molecular formula is C14H15N5O. The van der Waals surface area contributed by atoms with Crippen LogP contribution in [-0.4, -0.2) is 34.6 Å². The van der Waals surface area contributed by atoms with Gasteiger partial charge in [0, 0.05) is 31.0 Å². The van der Waals surface area contributed by atoms with Crippen LogP contribution >= 0.6 is 0 Å². The minimum Gasteiger partial charge on any atom is -0.368 e. The molecule has 1 aromatic heterocycles. The lowest BCUT2D eigenvalue weighted by molar-refractivity contribution is 0.102. The van der Waals surface area contributed by atoms with Gasteiger partial charge in [-0.3, -0.25) is 14.5 Å². The van der Waals surface area contributed by atoms with Gasteiger partial charge in [-0.05, 0) is 24.3 Å². The van der Waals surface area contributed by atoms with E-state index in [0.717, 1.165) is 30.2 Å². The van der Waals surface area contributed by atoms with Crippen LogP contribution in [0.4, 0.5) is 5.69 Å². The highest BCUT2D eigenvalue weighted by Crippen LogP contribution is 2.12. The molecule has 0 unspecified atom stereocenters. The maximum atomic E-state index is 12.0. The number of hydrogen-bond acceptors (Lipinski definition) is 4. The van der Waals surface area contributed by atoms with Crippen LogP contribution in [0.1, 0.15) is 15.9 Å². The van der Waals surface area contributed by atoms with Gasteiger partial charge in [-0.2, -0.15) is 5.10 Å². The van der Waals surface area contributed by atoms with Crippen LogP contribution < -0.4 is 10.6 Å². The van der Waals surface area contributed by atoms with Crippen LogP contribution in [0.3, 0.4) is 0 Å². The Hall–Kier alpha value is -2.63. The highest BCUT2D eigenvalue weighted by atomic mass is 16.1. The van der Waals surface area contributed by atoms with Gasteiger partial charge in [0.2, 0.25) is 0 Å². The number of aromatic nitrogens is 2. The maximum Gasteiger partial charge on any atom is 0.258 e. The summed E-state index contributed by atoms with van der Waals surface area (Å²) >= 11 is 0. The Bertz CT molecular complexity index is 656. The number of nitrogens with zero attached hydrogens (tertiary/aromatic N) is 3. The number of carbonyl (C=O) groups is 1. The molecule has 1 aliphatic rings. The predicted octanol–water partition coefficient (Wildman–Crippen LogP) is 1.02. The first-order chi connectivity index (χ1) is 9.72. The van der Waals surface area contributed by atoms with Crippen LogP contribution in [0.2, 0.25) is 0 Å². The van der Waals surface area contributed by atoms with Crippen LogP contribution in [-0.2, 0) is 7.05 Å². The molecule has 0 aliphatic carbocycles. The average Bonchev–Trinajstić information content (AvgIpc) is 3.10. The van der Waals surface area contributed by atoms with Crippen LogP contribution in [0, 0.1) is 0 Å². The number of rotatable bonds is 3. The molecule has 1 amide bonds. The van der Waals surface area contributed by atoms with Crippen molar-refractivity contribution in [3.8, 4) is 0 Å². The molecule has 2 aromatic rings. The normalized spacial score (nSPS) is 13.8. The van der Waals surface area contributed by atoms with E-state index in [9.17, 15) is 4.79 Å². The van der Waals surface area contributed by atoms with E-state index in [0.29, 0.717) is 5.56 Å². The fourth-order valence-electron chi connectivity index (χ4n) is 2.04. The number of anilines is 1. The Morgan fingerprint density at radius 2 is 2.15 bits per heavy atom. The summed E-state index contributed by atoms with van der Waals surface area (Å²) in [5, 5.41) is 10.0. The van der Waals surface area contributed by atoms with Crippen molar-refractivity contribution in [1.29, 1.82) is 0 Å². The lowest BCUT2D eigenvalue weighted by Gasteiger charge is -2.06. The van der Waals surface area contributed by atoms with E-state index < -0.39 is 0 Å². The molecule has 2 heterocycles. The Kier molecular flexibility index (Phi) is 3.20. The minimum absolute atomic E-state index is 0.165. The topological polar surface area (TPSA) is 71.3 Å². The van der Waals surface area contributed by atoms with E-state index >= 15 is 0 Å². The van der Waals surface area contributed by atoms with Crippen molar-refractivity contribution in [2.24, 2.45) is 12.0 Å². The molecule has 0 saturated heterocycles. The molecule has 20 heavy (non-hydrogen) atoms. The molecule has 0 fully saturated rings. The molecular weight excluding hydrogens is 254 g/mol. The second-order valence-electron chi connectivity index (χ2n) is 4.59. The highest BCUT2D eigenvalue weighted by molar-refractivity contribution is 6.04. The van der Waals surface area contributed by atoms with Gasteiger partial charge < -0.3 is 10.6 Å². The molecule has 6 nitrogen and oxygen atoms in total. The second-order valence-corrected chi connectivity index (χ2v) is 4.59. The Morgan fingerprint density at radius 3 is 2.75 bits per heavy atom. The van der Waals surface area contributed by atoms with Gasteiger partial charge in [0.1, 0.15) is 5.84 Å². The number of hydrogen-bond donors (Lipinski definition) is 2. The SMILES string of the molecule is Cn1cc(C(=O)Nc2ccc(C3=NCCN3)cc2)cn1. The third-order valence-corrected chi connectivity index (χ3v) is 3.06. The number of benzene rings is 1. The van der Waals surface area contributed by atoms with Gasteiger partial charge >= 0.3 is 0 Å². The summed E-state index contributed by atoms with van der Waals surface area (Å²) in [7, 11) is 1.78. The summed E-state index contributed by atoms with van der Waals surface area (Å²) < 4.78 is 1.60. The van der Waals surface area contributed by atoms with E-state index in [2.05, 4.69) is 20.7 Å². The van der Waals surface area contributed by atoms with Crippen LogP contribution in [0.25, 0.3) is 0 Å². The van der Waals surface area contributed by atoms with Crippen molar-refractivity contribution in [3.63, 3.8) is 0 Å². The molecule has 6 heteroatoms. The maximum absolute atomic E-state index is 12.0. The molecule has 1 aliphatic heterocycles. The van der Waals surface area contributed by atoms with Gasteiger partial charge in [0.05, 0.1) is 18.3 Å². The first kappa shape index (κ1) is 12.4. The largest absolute Gasteiger partial charge is 0.368 e. The standard InChI is InChI=1S/C14H15N5O/c1-19-9-11(8-17-19)14(20)18-12-4-2-10(3-5-12)13-15-6-7-16-13/h2-5,8-9H,6-7H2,1H3,(H,15,16)(H,18,20). The lowest BCUT2D eigenvalue weighted by atomic mass is 10.2. The summed E-state index contributed by atoms with van der Waals surface area (Å²) in [6.45, 7) is 1.70. The zero-order valence-electron chi connectivity index (χ0n) is 11.1. The smallest absolute Gasteiger partial charge is 0.258 e.